The number of H-pyrrole nitrogens is 1. The number of fused-ring (bicyclic) bond motifs is 1. The van der Waals surface area contributed by atoms with Crippen LogP contribution in [0.1, 0.15) is 10.4 Å². The SMILES string of the molecule is COC(=O)c1c[nH]c2ccc(O)c(Cl)c12. The molecule has 1 heterocycles. The summed E-state index contributed by atoms with van der Waals surface area (Å²) in [5.74, 6) is -0.553. The van der Waals surface area contributed by atoms with E-state index in [1.807, 2.05) is 0 Å². The summed E-state index contributed by atoms with van der Waals surface area (Å²) in [7, 11) is 1.29. The fourth-order valence-corrected chi connectivity index (χ4v) is 1.71. The van der Waals surface area contributed by atoms with E-state index < -0.39 is 5.97 Å². The van der Waals surface area contributed by atoms with Gasteiger partial charge in [0.05, 0.1) is 17.7 Å². The van der Waals surface area contributed by atoms with Crippen molar-refractivity contribution in [3.05, 3.63) is 28.9 Å². The minimum absolute atomic E-state index is 0.0612. The van der Waals surface area contributed by atoms with Gasteiger partial charge >= 0.3 is 5.97 Å². The Morgan fingerprint density at radius 2 is 2.27 bits per heavy atom. The van der Waals surface area contributed by atoms with Gasteiger partial charge in [0.15, 0.2) is 0 Å². The van der Waals surface area contributed by atoms with Crippen molar-refractivity contribution in [1.82, 2.24) is 4.98 Å². The number of nitrogens with one attached hydrogen (secondary N) is 1. The molecule has 0 unspecified atom stereocenters. The maximum absolute atomic E-state index is 11.4. The number of rotatable bonds is 1. The molecule has 2 N–H and O–H groups in total. The lowest BCUT2D eigenvalue weighted by Gasteiger charge is -2.00. The monoisotopic (exact) mass is 225 g/mol. The van der Waals surface area contributed by atoms with Gasteiger partial charge in [0.1, 0.15) is 5.75 Å². The molecule has 0 saturated heterocycles. The van der Waals surface area contributed by atoms with Crippen molar-refractivity contribution >= 4 is 28.5 Å². The fraction of sp³-hybridized carbons (Fsp3) is 0.100. The number of phenolic OH excluding ortho intramolecular Hbond substituents is 1. The molecule has 0 atom stereocenters. The second-order valence-corrected chi connectivity index (χ2v) is 3.39. The molecule has 4 nitrogen and oxygen atoms in total. The number of aromatic hydroxyl groups is 1. The summed E-state index contributed by atoms with van der Waals surface area (Å²) in [5, 5.41) is 10.0. The minimum Gasteiger partial charge on any atom is -0.506 e. The summed E-state index contributed by atoms with van der Waals surface area (Å²) in [4.78, 5) is 14.2. The lowest BCUT2D eigenvalue weighted by molar-refractivity contribution is 0.0603. The number of aromatic amines is 1. The Kier molecular flexibility index (Phi) is 2.28. The van der Waals surface area contributed by atoms with Crippen LogP contribution in [0.25, 0.3) is 10.9 Å². The van der Waals surface area contributed by atoms with E-state index in [0.29, 0.717) is 16.5 Å². The number of ether oxygens (including phenoxy) is 1. The third kappa shape index (κ3) is 1.43. The van der Waals surface area contributed by atoms with Gasteiger partial charge in [-0.1, -0.05) is 11.6 Å². The predicted octanol–water partition coefficient (Wildman–Crippen LogP) is 2.31. The van der Waals surface area contributed by atoms with E-state index in [9.17, 15) is 9.90 Å². The summed E-state index contributed by atoms with van der Waals surface area (Å²) in [6.07, 6.45) is 1.50. The van der Waals surface area contributed by atoms with Crippen molar-refractivity contribution in [3.63, 3.8) is 0 Å². The van der Waals surface area contributed by atoms with Gasteiger partial charge in [0.2, 0.25) is 0 Å². The Morgan fingerprint density at radius 1 is 1.53 bits per heavy atom. The van der Waals surface area contributed by atoms with Gasteiger partial charge in [-0.3, -0.25) is 0 Å². The smallest absolute Gasteiger partial charge is 0.340 e. The summed E-state index contributed by atoms with van der Waals surface area (Å²) in [5.41, 5.74) is 0.992. The number of halogens is 1. The Hall–Kier alpha value is -1.68. The zero-order valence-electron chi connectivity index (χ0n) is 7.87. The molecule has 2 aromatic rings. The van der Waals surface area contributed by atoms with Gasteiger partial charge < -0.3 is 14.8 Å². The van der Waals surface area contributed by atoms with E-state index in [-0.39, 0.29) is 10.8 Å². The van der Waals surface area contributed by atoms with E-state index in [4.69, 9.17) is 11.6 Å². The van der Waals surface area contributed by atoms with E-state index in [1.54, 1.807) is 6.07 Å². The van der Waals surface area contributed by atoms with Gasteiger partial charge in [-0.2, -0.15) is 0 Å². The summed E-state index contributed by atoms with van der Waals surface area (Å²) in [6, 6.07) is 3.10. The first-order chi connectivity index (χ1) is 7.15. The highest BCUT2D eigenvalue weighted by atomic mass is 35.5. The highest BCUT2D eigenvalue weighted by Crippen LogP contribution is 2.33. The Labute approximate surface area is 90.4 Å². The first-order valence-electron chi connectivity index (χ1n) is 4.22. The molecule has 1 aromatic carbocycles. The third-order valence-corrected chi connectivity index (χ3v) is 2.55. The van der Waals surface area contributed by atoms with Crippen molar-refractivity contribution in [2.24, 2.45) is 0 Å². The lowest BCUT2D eigenvalue weighted by Crippen LogP contribution is -1.99. The van der Waals surface area contributed by atoms with Gasteiger partial charge in [-0.05, 0) is 12.1 Å². The second kappa shape index (κ2) is 3.47. The van der Waals surface area contributed by atoms with E-state index >= 15 is 0 Å². The topological polar surface area (TPSA) is 62.3 Å². The zero-order valence-corrected chi connectivity index (χ0v) is 8.63. The lowest BCUT2D eigenvalue weighted by atomic mass is 10.1. The van der Waals surface area contributed by atoms with Crippen LogP contribution in [0, 0.1) is 0 Å². The van der Waals surface area contributed by atoms with Crippen LogP contribution in [0.5, 0.6) is 5.75 Å². The molecule has 5 heteroatoms. The van der Waals surface area contributed by atoms with Crippen LogP contribution in [0.15, 0.2) is 18.3 Å². The average Bonchev–Trinajstić information content (AvgIpc) is 2.67. The quantitative estimate of drug-likeness (QED) is 0.732. The van der Waals surface area contributed by atoms with Gasteiger partial charge in [0.25, 0.3) is 0 Å². The van der Waals surface area contributed by atoms with E-state index in [2.05, 4.69) is 9.72 Å². The van der Waals surface area contributed by atoms with Crippen molar-refractivity contribution in [2.75, 3.05) is 7.11 Å². The van der Waals surface area contributed by atoms with Crippen molar-refractivity contribution in [2.45, 2.75) is 0 Å². The average molecular weight is 226 g/mol. The number of methoxy groups -OCH3 is 1. The highest BCUT2D eigenvalue weighted by molar-refractivity contribution is 6.38. The van der Waals surface area contributed by atoms with Gasteiger partial charge in [-0.15, -0.1) is 0 Å². The number of benzene rings is 1. The van der Waals surface area contributed by atoms with Crippen LogP contribution >= 0.6 is 11.6 Å². The Balaban J connectivity index is 2.77. The Morgan fingerprint density at radius 3 is 2.93 bits per heavy atom. The normalized spacial score (nSPS) is 10.5. The molecule has 0 aliphatic heterocycles. The molecule has 0 aliphatic carbocycles. The molecule has 78 valence electrons. The molecule has 0 amide bonds. The Bertz CT molecular complexity index is 533. The molecule has 0 aliphatic rings. The van der Waals surface area contributed by atoms with Crippen LogP contribution in [0.2, 0.25) is 5.02 Å². The number of aromatic nitrogens is 1. The number of carbonyl (C=O) groups is 1. The van der Waals surface area contributed by atoms with Crippen LogP contribution in [0.4, 0.5) is 0 Å². The summed E-state index contributed by atoms with van der Waals surface area (Å²) >= 11 is 5.90. The largest absolute Gasteiger partial charge is 0.506 e. The molecule has 2 rings (SSSR count). The van der Waals surface area contributed by atoms with Gasteiger partial charge in [0, 0.05) is 17.1 Å². The first-order valence-corrected chi connectivity index (χ1v) is 4.60. The predicted molar refractivity (Wildman–Crippen MR) is 56.3 cm³/mol. The maximum atomic E-state index is 11.4. The van der Waals surface area contributed by atoms with Crippen LogP contribution < -0.4 is 0 Å². The molecular weight excluding hydrogens is 218 g/mol. The fourth-order valence-electron chi connectivity index (χ4n) is 1.44. The molecule has 0 saturated carbocycles. The molecular formula is C10H8ClNO3. The van der Waals surface area contributed by atoms with Crippen molar-refractivity contribution in [3.8, 4) is 5.75 Å². The molecule has 0 spiro atoms. The number of carbonyl (C=O) groups excluding carboxylic acids is 1. The van der Waals surface area contributed by atoms with Crippen molar-refractivity contribution in [1.29, 1.82) is 0 Å². The summed E-state index contributed by atoms with van der Waals surface area (Å²) < 4.78 is 4.60. The molecule has 0 bridgehead atoms. The first kappa shape index (κ1) is 9.86. The number of esters is 1. The zero-order chi connectivity index (χ0) is 11.0. The maximum Gasteiger partial charge on any atom is 0.340 e. The van der Waals surface area contributed by atoms with Crippen LogP contribution in [-0.4, -0.2) is 23.2 Å². The highest BCUT2D eigenvalue weighted by Gasteiger charge is 2.16. The molecule has 15 heavy (non-hydrogen) atoms. The minimum atomic E-state index is -0.492. The second-order valence-electron chi connectivity index (χ2n) is 3.02. The van der Waals surface area contributed by atoms with E-state index in [0.717, 1.165) is 0 Å². The number of phenols is 1. The molecule has 0 fully saturated rings. The standard InChI is InChI=1S/C10H8ClNO3/c1-15-10(14)5-4-12-6-2-3-7(13)9(11)8(5)6/h2-4,12-13H,1H3. The van der Waals surface area contributed by atoms with Gasteiger partial charge in [-0.25, -0.2) is 4.79 Å². The molecule has 0 radical (unpaired) electrons. The van der Waals surface area contributed by atoms with Crippen molar-refractivity contribution < 1.29 is 14.6 Å². The van der Waals surface area contributed by atoms with Crippen LogP contribution in [0.3, 0.4) is 0 Å². The molecule has 1 aromatic heterocycles. The van der Waals surface area contributed by atoms with Crippen LogP contribution in [-0.2, 0) is 4.74 Å². The third-order valence-electron chi connectivity index (χ3n) is 2.17. The summed E-state index contributed by atoms with van der Waals surface area (Å²) in [6.45, 7) is 0. The number of hydrogen-bond donors (Lipinski definition) is 2. The number of hydrogen-bond acceptors (Lipinski definition) is 3. The van der Waals surface area contributed by atoms with E-state index in [1.165, 1.54) is 19.4 Å².